The maximum Gasteiger partial charge on any atom is 0.344 e. The lowest BCUT2D eigenvalue weighted by atomic mass is 9.72. The van der Waals surface area contributed by atoms with Crippen molar-refractivity contribution in [3.05, 3.63) is 59.0 Å². The topological polar surface area (TPSA) is 75.0 Å². The molecule has 0 spiro atoms. The van der Waals surface area contributed by atoms with E-state index in [9.17, 15) is 9.59 Å². The molecule has 0 saturated heterocycles. The number of unbranched alkanes of at least 4 members (excludes halogenated alkanes) is 1. The summed E-state index contributed by atoms with van der Waals surface area (Å²) in [6.07, 6.45) is 2.75. The standard InChI is InChI=1S/C35H48O6S/c1-11-12-19-38-25-16-13-23(14-17-25)27-20-24-15-18-26(21-29(24)39-30(27)36)40-35(10,42)34(8,9)41-31(37)28(33(5,6)7)22-32(2,3)4/h13-18,20-21,28,42H,11-12,19,22H2,1-10H3. The van der Waals surface area contributed by atoms with Gasteiger partial charge in [0.05, 0.1) is 18.1 Å². The first-order valence-corrected chi connectivity index (χ1v) is 15.2. The third-order valence-corrected chi connectivity index (χ3v) is 8.21. The molecule has 2 aromatic carbocycles. The molecule has 0 aliphatic heterocycles. The number of rotatable bonds is 11. The van der Waals surface area contributed by atoms with E-state index in [2.05, 4.69) is 48.5 Å². The quantitative estimate of drug-likeness (QED) is 0.0782. The van der Waals surface area contributed by atoms with Crippen LogP contribution in [0.2, 0.25) is 0 Å². The summed E-state index contributed by atoms with van der Waals surface area (Å²) in [5.41, 5.74) is -0.240. The van der Waals surface area contributed by atoms with Gasteiger partial charge in [-0.15, -0.1) is 12.6 Å². The van der Waals surface area contributed by atoms with Crippen LogP contribution < -0.4 is 15.1 Å². The average molecular weight is 597 g/mol. The van der Waals surface area contributed by atoms with Crippen LogP contribution in [0.15, 0.2) is 57.7 Å². The molecular formula is C35H48O6S. The molecule has 0 radical (unpaired) electrons. The van der Waals surface area contributed by atoms with Gasteiger partial charge in [0.25, 0.3) is 0 Å². The molecular weight excluding hydrogens is 548 g/mol. The first-order chi connectivity index (χ1) is 19.3. The van der Waals surface area contributed by atoms with Gasteiger partial charge in [-0.3, -0.25) is 4.79 Å². The van der Waals surface area contributed by atoms with E-state index in [-0.39, 0.29) is 22.7 Å². The molecule has 7 heteroatoms. The predicted molar refractivity (Wildman–Crippen MR) is 174 cm³/mol. The fraction of sp³-hybridized carbons (Fsp3) is 0.543. The van der Waals surface area contributed by atoms with Gasteiger partial charge in [0.1, 0.15) is 17.1 Å². The molecule has 230 valence electrons. The first-order valence-electron chi connectivity index (χ1n) is 14.8. The number of esters is 1. The van der Waals surface area contributed by atoms with E-state index >= 15 is 0 Å². The number of ether oxygens (including phenoxy) is 3. The van der Waals surface area contributed by atoms with E-state index in [1.54, 1.807) is 32.9 Å². The van der Waals surface area contributed by atoms with Gasteiger partial charge < -0.3 is 18.6 Å². The summed E-state index contributed by atoms with van der Waals surface area (Å²) < 4.78 is 23.8. The summed E-state index contributed by atoms with van der Waals surface area (Å²) in [5.74, 6) is 0.639. The van der Waals surface area contributed by atoms with Gasteiger partial charge >= 0.3 is 11.6 Å². The zero-order valence-electron chi connectivity index (χ0n) is 26.9. The fourth-order valence-corrected chi connectivity index (χ4v) is 4.70. The van der Waals surface area contributed by atoms with E-state index in [4.69, 9.17) is 31.3 Å². The Morgan fingerprint density at radius 1 is 0.905 bits per heavy atom. The molecule has 0 aliphatic rings. The largest absolute Gasteiger partial charge is 0.494 e. The van der Waals surface area contributed by atoms with Crippen molar-refractivity contribution in [3.8, 4) is 22.6 Å². The zero-order chi connectivity index (χ0) is 31.5. The Kier molecular flexibility index (Phi) is 10.2. The smallest absolute Gasteiger partial charge is 0.344 e. The Bertz CT molecular complexity index is 1420. The molecule has 6 nitrogen and oxygen atoms in total. The Hall–Kier alpha value is -2.93. The molecule has 0 aliphatic carbocycles. The molecule has 1 heterocycles. The maximum absolute atomic E-state index is 13.5. The van der Waals surface area contributed by atoms with Crippen molar-refractivity contribution in [1.82, 2.24) is 0 Å². The van der Waals surface area contributed by atoms with Crippen LogP contribution in [0.5, 0.6) is 11.5 Å². The monoisotopic (exact) mass is 596 g/mol. The van der Waals surface area contributed by atoms with Crippen molar-refractivity contribution in [2.75, 3.05) is 6.61 Å². The molecule has 42 heavy (non-hydrogen) atoms. The number of fused-ring (bicyclic) bond motifs is 1. The van der Waals surface area contributed by atoms with E-state index in [0.717, 1.165) is 29.5 Å². The van der Waals surface area contributed by atoms with Crippen LogP contribution in [0.25, 0.3) is 22.1 Å². The second kappa shape index (κ2) is 12.7. The molecule has 0 saturated carbocycles. The van der Waals surface area contributed by atoms with E-state index < -0.39 is 16.2 Å². The van der Waals surface area contributed by atoms with Crippen molar-refractivity contribution in [2.45, 2.75) is 99.0 Å². The highest BCUT2D eigenvalue weighted by atomic mass is 32.1. The molecule has 0 bridgehead atoms. The molecule has 0 fully saturated rings. The minimum absolute atomic E-state index is 0.0388. The van der Waals surface area contributed by atoms with Gasteiger partial charge in [-0.2, -0.15) is 0 Å². The van der Waals surface area contributed by atoms with E-state index in [1.165, 1.54) is 0 Å². The van der Waals surface area contributed by atoms with Crippen molar-refractivity contribution < 1.29 is 23.4 Å². The Morgan fingerprint density at radius 3 is 2.10 bits per heavy atom. The summed E-state index contributed by atoms with van der Waals surface area (Å²) in [7, 11) is 0. The average Bonchev–Trinajstić information content (AvgIpc) is 2.86. The van der Waals surface area contributed by atoms with Crippen LogP contribution in [-0.4, -0.2) is 23.1 Å². The van der Waals surface area contributed by atoms with Crippen molar-refractivity contribution in [2.24, 2.45) is 16.7 Å². The highest BCUT2D eigenvalue weighted by Crippen LogP contribution is 2.41. The minimum atomic E-state index is -1.19. The molecule has 0 N–H and O–H groups in total. The second-order valence-electron chi connectivity index (χ2n) is 14.1. The highest BCUT2D eigenvalue weighted by molar-refractivity contribution is 7.81. The number of hydrogen-bond acceptors (Lipinski definition) is 7. The minimum Gasteiger partial charge on any atom is -0.494 e. The molecule has 2 atom stereocenters. The summed E-state index contributed by atoms with van der Waals surface area (Å²) >= 11 is 4.79. The molecule has 0 amide bonds. The molecule has 3 aromatic rings. The normalized spacial score (nSPS) is 14.7. The van der Waals surface area contributed by atoms with Crippen LogP contribution in [0, 0.1) is 16.7 Å². The third-order valence-electron chi connectivity index (χ3n) is 7.58. The zero-order valence-corrected chi connectivity index (χ0v) is 27.8. The summed E-state index contributed by atoms with van der Waals surface area (Å²) in [5, 5.41) is 0.752. The SMILES string of the molecule is CCCCOc1ccc(-c2cc3ccc(OC(C)(S)C(C)(C)OC(=O)C(CC(C)(C)C)C(C)(C)C)cc3oc2=O)cc1. The lowest BCUT2D eigenvalue weighted by molar-refractivity contribution is -0.177. The second-order valence-corrected chi connectivity index (χ2v) is 14.9. The summed E-state index contributed by atoms with van der Waals surface area (Å²) in [6.45, 7) is 20.7. The van der Waals surface area contributed by atoms with Crippen LogP contribution in [0.1, 0.15) is 88.5 Å². The van der Waals surface area contributed by atoms with Gasteiger partial charge in [0.15, 0.2) is 10.5 Å². The third kappa shape index (κ3) is 8.56. The number of carbonyl (C=O) groups is 1. The Labute approximate surface area is 256 Å². The molecule has 1 aromatic heterocycles. The van der Waals surface area contributed by atoms with Gasteiger partial charge in [0, 0.05) is 11.5 Å². The Morgan fingerprint density at radius 2 is 1.52 bits per heavy atom. The van der Waals surface area contributed by atoms with E-state index in [0.29, 0.717) is 29.9 Å². The summed E-state index contributed by atoms with van der Waals surface area (Å²) in [4.78, 5) is 25.2. The number of carbonyl (C=O) groups excluding carboxylic acids is 1. The summed E-state index contributed by atoms with van der Waals surface area (Å²) in [6, 6.07) is 14.5. The van der Waals surface area contributed by atoms with E-state index in [1.807, 2.05) is 36.4 Å². The van der Waals surface area contributed by atoms with Gasteiger partial charge in [0.2, 0.25) is 0 Å². The lowest BCUT2D eigenvalue weighted by Gasteiger charge is -2.42. The van der Waals surface area contributed by atoms with Gasteiger partial charge in [-0.05, 0) is 80.3 Å². The van der Waals surface area contributed by atoms with Crippen molar-refractivity contribution in [3.63, 3.8) is 0 Å². The molecule has 3 rings (SSSR count). The molecule has 2 unspecified atom stereocenters. The highest BCUT2D eigenvalue weighted by Gasteiger charge is 2.47. The fourth-order valence-electron chi connectivity index (χ4n) is 4.55. The van der Waals surface area contributed by atoms with Gasteiger partial charge in [-0.25, -0.2) is 4.79 Å². The number of benzene rings is 2. The predicted octanol–water partition coefficient (Wildman–Crippen LogP) is 9.08. The number of thiol groups is 1. The lowest BCUT2D eigenvalue weighted by Crippen LogP contribution is -2.52. The van der Waals surface area contributed by atoms with Crippen molar-refractivity contribution in [1.29, 1.82) is 0 Å². The Balaban J connectivity index is 1.80. The van der Waals surface area contributed by atoms with Gasteiger partial charge in [-0.1, -0.05) is 67.0 Å². The first kappa shape index (κ1) is 33.6. The van der Waals surface area contributed by atoms with Crippen LogP contribution in [0.4, 0.5) is 0 Å². The maximum atomic E-state index is 13.5. The van der Waals surface area contributed by atoms with Crippen LogP contribution in [0.3, 0.4) is 0 Å². The number of hydrogen-bond donors (Lipinski definition) is 1. The van der Waals surface area contributed by atoms with Crippen LogP contribution >= 0.6 is 12.6 Å². The van der Waals surface area contributed by atoms with Crippen LogP contribution in [-0.2, 0) is 9.53 Å². The van der Waals surface area contributed by atoms with Crippen molar-refractivity contribution >= 4 is 29.6 Å².